The zero-order valence-corrected chi connectivity index (χ0v) is 13.9. The molecule has 6 nitrogen and oxygen atoms in total. The quantitative estimate of drug-likeness (QED) is 0.584. The van der Waals surface area contributed by atoms with Gasteiger partial charge in [-0.25, -0.2) is 9.78 Å². The van der Waals surface area contributed by atoms with Gasteiger partial charge in [0, 0.05) is 18.8 Å². The van der Waals surface area contributed by atoms with Crippen molar-refractivity contribution in [1.82, 2.24) is 19.7 Å². The predicted octanol–water partition coefficient (Wildman–Crippen LogP) is 3.42. The number of aromatic amines is 1. The highest BCUT2D eigenvalue weighted by atomic mass is 16.5. The first-order valence-corrected chi connectivity index (χ1v) is 7.83. The molecule has 0 aliphatic rings. The number of fused-ring (bicyclic) bond motifs is 1. The largest absolute Gasteiger partial charge is 0.465 e. The van der Waals surface area contributed by atoms with E-state index in [0.29, 0.717) is 11.4 Å². The minimum Gasteiger partial charge on any atom is -0.465 e. The van der Waals surface area contributed by atoms with Crippen molar-refractivity contribution in [3.63, 3.8) is 0 Å². The molecule has 6 heteroatoms. The first-order valence-electron chi connectivity index (χ1n) is 7.83. The Bertz CT molecular complexity index is 1060. The number of aryl methyl sites for hydroxylation is 1. The number of methoxy groups -OCH3 is 1. The van der Waals surface area contributed by atoms with Gasteiger partial charge in [-0.2, -0.15) is 5.10 Å². The topological polar surface area (TPSA) is 72.8 Å². The third-order valence-corrected chi connectivity index (χ3v) is 4.03. The Morgan fingerprint density at radius 2 is 1.96 bits per heavy atom. The molecule has 0 fully saturated rings. The molecule has 4 rings (SSSR count). The molecule has 1 N–H and O–H groups in total. The monoisotopic (exact) mass is 332 g/mol. The summed E-state index contributed by atoms with van der Waals surface area (Å²) in [6, 6.07) is 15.2. The van der Waals surface area contributed by atoms with E-state index < -0.39 is 0 Å². The number of imidazole rings is 1. The van der Waals surface area contributed by atoms with E-state index in [1.807, 2.05) is 43.6 Å². The second-order valence-corrected chi connectivity index (χ2v) is 5.74. The van der Waals surface area contributed by atoms with Gasteiger partial charge in [0.25, 0.3) is 0 Å². The lowest BCUT2D eigenvalue weighted by molar-refractivity contribution is 0.0601. The Morgan fingerprint density at radius 1 is 1.16 bits per heavy atom. The molecule has 2 aromatic carbocycles. The number of H-pyrrole nitrogens is 1. The fourth-order valence-electron chi connectivity index (χ4n) is 2.85. The van der Waals surface area contributed by atoms with Gasteiger partial charge in [0.15, 0.2) is 0 Å². The Kier molecular flexibility index (Phi) is 3.57. The van der Waals surface area contributed by atoms with Crippen LogP contribution >= 0.6 is 0 Å². The summed E-state index contributed by atoms with van der Waals surface area (Å²) >= 11 is 0. The molecular formula is C19H16N4O2. The lowest BCUT2D eigenvalue weighted by Crippen LogP contribution is -2.00. The smallest absolute Gasteiger partial charge is 0.337 e. The number of benzene rings is 2. The Hall–Kier alpha value is -3.41. The lowest BCUT2D eigenvalue weighted by Gasteiger charge is -1.99. The average molecular weight is 332 g/mol. The van der Waals surface area contributed by atoms with E-state index in [-0.39, 0.29) is 5.97 Å². The van der Waals surface area contributed by atoms with E-state index in [1.54, 1.807) is 22.9 Å². The summed E-state index contributed by atoms with van der Waals surface area (Å²) in [4.78, 5) is 19.6. The van der Waals surface area contributed by atoms with Gasteiger partial charge in [0.1, 0.15) is 11.5 Å². The molecule has 0 spiro atoms. The van der Waals surface area contributed by atoms with Gasteiger partial charge in [-0.15, -0.1) is 0 Å². The summed E-state index contributed by atoms with van der Waals surface area (Å²) in [5.41, 5.74) is 4.83. The van der Waals surface area contributed by atoms with Gasteiger partial charge in [-0.3, -0.25) is 4.68 Å². The van der Waals surface area contributed by atoms with Crippen molar-refractivity contribution in [3.05, 3.63) is 60.3 Å². The Morgan fingerprint density at radius 3 is 2.72 bits per heavy atom. The summed E-state index contributed by atoms with van der Waals surface area (Å²) in [7, 11) is 3.25. The van der Waals surface area contributed by atoms with Gasteiger partial charge in [0.2, 0.25) is 0 Å². The van der Waals surface area contributed by atoms with E-state index in [1.165, 1.54) is 7.11 Å². The number of aromatic nitrogens is 4. The van der Waals surface area contributed by atoms with Crippen LogP contribution in [0, 0.1) is 0 Å². The third-order valence-electron chi connectivity index (χ3n) is 4.03. The van der Waals surface area contributed by atoms with Gasteiger partial charge in [-0.1, -0.05) is 30.3 Å². The van der Waals surface area contributed by atoms with Crippen molar-refractivity contribution < 1.29 is 9.53 Å². The molecule has 0 radical (unpaired) electrons. The molecule has 0 bridgehead atoms. The predicted molar refractivity (Wildman–Crippen MR) is 95.1 cm³/mol. The highest BCUT2D eigenvalue weighted by Crippen LogP contribution is 2.30. The number of esters is 1. The fourth-order valence-corrected chi connectivity index (χ4v) is 2.85. The number of nitrogens with zero attached hydrogens (tertiary/aromatic N) is 3. The maximum atomic E-state index is 11.7. The minimum absolute atomic E-state index is 0.371. The first-order chi connectivity index (χ1) is 12.2. The third kappa shape index (κ3) is 2.67. The summed E-state index contributed by atoms with van der Waals surface area (Å²) in [5, 5.41) is 4.57. The molecule has 0 saturated heterocycles. The van der Waals surface area contributed by atoms with Crippen molar-refractivity contribution in [2.45, 2.75) is 0 Å². The standard InChI is InChI=1S/C19H16N4O2/c1-23-11-14(17(22-23)12-6-4-3-5-7-12)18-20-15-9-8-13(19(24)25-2)10-16(15)21-18/h3-11H,1-2H3,(H,20,21). The van der Waals surface area contributed by atoms with Crippen LogP contribution in [0.25, 0.3) is 33.7 Å². The number of hydrogen-bond acceptors (Lipinski definition) is 4. The zero-order chi connectivity index (χ0) is 17.4. The first kappa shape index (κ1) is 15.1. The van der Waals surface area contributed by atoms with Crippen LogP contribution in [-0.2, 0) is 11.8 Å². The van der Waals surface area contributed by atoms with Crippen molar-refractivity contribution in [1.29, 1.82) is 0 Å². The van der Waals surface area contributed by atoms with Crippen LogP contribution < -0.4 is 0 Å². The Balaban J connectivity index is 1.84. The van der Waals surface area contributed by atoms with Crippen LogP contribution in [0.15, 0.2) is 54.7 Å². The maximum Gasteiger partial charge on any atom is 0.337 e. The fraction of sp³-hybridized carbons (Fsp3) is 0.105. The molecule has 2 heterocycles. The summed E-state index contributed by atoms with van der Waals surface area (Å²) < 4.78 is 6.54. The molecular weight excluding hydrogens is 316 g/mol. The van der Waals surface area contributed by atoms with Crippen LogP contribution in [0.1, 0.15) is 10.4 Å². The van der Waals surface area contributed by atoms with E-state index >= 15 is 0 Å². The molecule has 0 atom stereocenters. The van der Waals surface area contributed by atoms with Gasteiger partial charge >= 0.3 is 5.97 Å². The van der Waals surface area contributed by atoms with Crippen molar-refractivity contribution in [3.8, 4) is 22.6 Å². The molecule has 0 aliphatic heterocycles. The lowest BCUT2D eigenvalue weighted by atomic mass is 10.1. The molecule has 0 saturated carbocycles. The van der Waals surface area contributed by atoms with Gasteiger partial charge in [-0.05, 0) is 18.2 Å². The van der Waals surface area contributed by atoms with Crippen molar-refractivity contribution in [2.24, 2.45) is 7.05 Å². The van der Waals surface area contributed by atoms with Gasteiger partial charge < -0.3 is 9.72 Å². The highest BCUT2D eigenvalue weighted by molar-refractivity contribution is 5.94. The number of rotatable bonds is 3. The number of ether oxygens (including phenoxy) is 1. The van der Waals surface area contributed by atoms with Crippen molar-refractivity contribution in [2.75, 3.05) is 7.11 Å². The second kappa shape index (κ2) is 5.90. The minimum atomic E-state index is -0.371. The molecule has 25 heavy (non-hydrogen) atoms. The number of nitrogens with one attached hydrogen (secondary N) is 1. The van der Waals surface area contributed by atoms with Crippen molar-refractivity contribution >= 4 is 17.0 Å². The maximum absolute atomic E-state index is 11.7. The number of hydrogen-bond donors (Lipinski definition) is 1. The Labute approximate surface area is 144 Å². The highest BCUT2D eigenvalue weighted by Gasteiger charge is 2.16. The van der Waals surface area contributed by atoms with E-state index in [2.05, 4.69) is 15.1 Å². The molecule has 0 unspecified atom stereocenters. The van der Waals surface area contributed by atoms with Gasteiger partial charge in [0.05, 0.1) is 29.3 Å². The second-order valence-electron chi connectivity index (χ2n) is 5.74. The van der Waals surface area contributed by atoms with E-state index in [9.17, 15) is 4.79 Å². The molecule has 124 valence electrons. The van der Waals surface area contributed by atoms with E-state index in [4.69, 9.17) is 4.74 Å². The molecule has 0 aliphatic carbocycles. The molecule has 2 aromatic heterocycles. The average Bonchev–Trinajstić information content (AvgIpc) is 3.24. The number of carbonyl (C=O) groups is 1. The van der Waals surface area contributed by atoms with E-state index in [0.717, 1.165) is 27.9 Å². The molecule has 4 aromatic rings. The summed E-state index contributed by atoms with van der Waals surface area (Å²) in [6.07, 6.45) is 1.93. The van der Waals surface area contributed by atoms with Crippen LogP contribution in [0.5, 0.6) is 0 Å². The normalized spacial score (nSPS) is 11.0. The SMILES string of the molecule is COC(=O)c1ccc2nc(-c3cn(C)nc3-c3ccccc3)[nH]c2c1. The van der Waals surface area contributed by atoms with Crippen LogP contribution in [0.4, 0.5) is 0 Å². The summed E-state index contributed by atoms with van der Waals surface area (Å²) in [6.45, 7) is 0. The van der Waals surface area contributed by atoms with Crippen LogP contribution in [0.2, 0.25) is 0 Å². The zero-order valence-electron chi connectivity index (χ0n) is 13.9. The molecule has 0 amide bonds. The van der Waals surface area contributed by atoms with Crippen LogP contribution in [0.3, 0.4) is 0 Å². The van der Waals surface area contributed by atoms with Crippen LogP contribution in [-0.4, -0.2) is 32.8 Å². The summed E-state index contributed by atoms with van der Waals surface area (Å²) in [5.74, 6) is 0.341. The number of carbonyl (C=O) groups excluding carboxylic acids is 1.